The van der Waals surface area contributed by atoms with E-state index >= 15 is 0 Å². The summed E-state index contributed by atoms with van der Waals surface area (Å²) in [5.41, 5.74) is 5.56. The van der Waals surface area contributed by atoms with Crippen LogP contribution in [0.25, 0.3) is 11.6 Å². The largest absolute Gasteiger partial charge is 0.508 e. The molecule has 3 aliphatic rings. The van der Waals surface area contributed by atoms with Crippen LogP contribution in [0.4, 0.5) is 5.69 Å². The second kappa shape index (κ2) is 11.3. The molecule has 1 aliphatic carbocycles. The first-order valence-corrected chi connectivity index (χ1v) is 14.4. The van der Waals surface area contributed by atoms with Crippen molar-refractivity contribution in [1.29, 1.82) is 0 Å². The summed E-state index contributed by atoms with van der Waals surface area (Å²) < 4.78 is 6.13. The third kappa shape index (κ3) is 5.26. The Morgan fingerprint density at radius 2 is 1.73 bits per heavy atom. The van der Waals surface area contributed by atoms with Gasteiger partial charge in [-0.15, -0.1) is 0 Å². The number of allylic oxidation sites excluding steroid dienone is 2. The third-order valence-electron chi connectivity index (χ3n) is 8.60. The van der Waals surface area contributed by atoms with E-state index in [1.165, 1.54) is 11.0 Å². The Bertz CT molecular complexity index is 1540. The minimum Gasteiger partial charge on any atom is -0.508 e. The third-order valence-corrected chi connectivity index (χ3v) is 8.93. The van der Waals surface area contributed by atoms with Crippen LogP contribution in [0.2, 0.25) is 11.3 Å². The van der Waals surface area contributed by atoms with Crippen molar-refractivity contribution in [3.8, 4) is 5.75 Å². The maximum atomic E-state index is 13.8. The normalized spacial score (nSPS) is 24.5. The van der Waals surface area contributed by atoms with E-state index < -0.39 is 19.0 Å². The van der Waals surface area contributed by atoms with Gasteiger partial charge >= 0.3 is 7.12 Å². The number of aromatic hydroxyl groups is 1. The number of fused-ring (bicyclic) bond motifs is 3. The second-order valence-electron chi connectivity index (χ2n) is 11.1. The summed E-state index contributed by atoms with van der Waals surface area (Å²) in [5, 5.41) is 21.1. The van der Waals surface area contributed by atoms with E-state index in [0.29, 0.717) is 30.0 Å². The highest BCUT2D eigenvalue weighted by Crippen LogP contribution is 2.51. The summed E-state index contributed by atoms with van der Waals surface area (Å²) in [6.07, 6.45) is 3.63. The zero-order chi connectivity index (χ0) is 28.7. The number of imide groups is 1. The number of phenolic OH excluding ortho intramolecular Hbond substituents is 1. The quantitative estimate of drug-likeness (QED) is 0.156. The molecule has 2 saturated heterocycles. The minimum absolute atomic E-state index is 0.104. The molecule has 0 spiro atoms. The number of phenols is 1. The number of benzene rings is 3. The Morgan fingerprint density at radius 1 is 1.02 bits per heavy atom. The molecule has 2 heterocycles. The summed E-state index contributed by atoms with van der Waals surface area (Å²) >= 11 is 6.44. The van der Waals surface area contributed by atoms with Gasteiger partial charge in [-0.25, -0.2) is 0 Å². The van der Waals surface area contributed by atoms with E-state index in [4.69, 9.17) is 16.3 Å². The molecule has 0 radical (unpaired) electrons. The van der Waals surface area contributed by atoms with Gasteiger partial charge in [0.2, 0.25) is 11.8 Å². The van der Waals surface area contributed by atoms with E-state index in [2.05, 4.69) is 0 Å². The number of hydrogen-bond donors (Lipinski definition) is 2. The van der Waals surface area contributed by atoms with E-state index in [9.17, 15) is 19.7 Å². The summed E-state index contributed by atoms with van der Waals surface area (Å²) in [6.45, 7) is 2.03. The summed E-state index contributed by atoms with van der Waals surface area (Å²) in [6, 6.07) is 24.0. The van der Waals surface area contributed by atoms with Gasteiger partial charge in [0, 0.05) is 0 Å². The number of anilines is 1. The fourth-order valence-corrected chi connectivity index (χ4v) is 7.04. The Hall–Kier alpha value is -3.65. The number of halogens is 1. The number of carbonyl (C=O) groups excluding carboxylic acids is 2. The van der Waals surface area contributed by atoms with Gasteiger partial charge in [-0.05, 0) is 97.1 Å². The maximum absolute atomic E-state index is 13.8. The lowest BCUT2D eigenvalue weighted by molar-refractivity contribution is -0.122. The molecule has 2 aliphatic heterocycles. The lowest BCUT2D eigenvalue weighted by Gasteiger charge is -2.42. The monoisotopic (exact) mass is 567 g/mol. The fourth-order valence-electron chi connectivity index (χ4n) is 6.81. The first-order chi connectivity index (χ1) is 19.8. The van der Waals surface area contributed by atoms with Crippen LogP contribution in [-0.4, -0.2) is 35.2 Å². The molecule has 41 heavy (non-hydrogen) atoms. The van der Waals surface area contributed by atoms with Crippen LogP contribution < -0.4 is 4.90 Å². The van der Waals surface area contributed by atoms with E-state index in [1.54, 1.807) is 24.3 Å². The molecular formula is C33H31BClNO5. The van der Waals surface area contributed by atoms with Gasteiger partial charge in [-0.3, -0.25) is 14.5 Å². The number of amides is 2. The highest BCUT2D eigenvalue weighted by Gasteiger charge is 2.57. The average molecular weight is 568 g/mol. The van der Waals surface area contributed by atoms with Crippen molar-refractivity contribution >= 4 is 47.9 Å². The van der Waals surface area contributed by atoms with Crippen molar-refractivity contribution < 1.29 is 24.4 Å². The molecule has 6 rings (SSSR count). The van der Waals surface area contributed by atoms with Gasteiger partial charge in [-0.2, -0.15) is 0 Å². The molecule has 0 aromatic heterocycles. The smallest absolute Gasteiger partial charge is 0.455 e. The second-order valence-corrected chi connectivity index (χ2v) is 11.5. The van der Waals surface area contributed by atoms with Crippen molar-refractivity contribution in [3.05, 3.63) is 106 Å². The van der Waals surface area contributed by atoms with Crippen LogP contribution in [0.1, 0.15) is 37.3 Å². The van der Waals surface area contributed by atoms with Crippen LogP contribution in [0, 0.1) is 17.8 Å². The number of rotatable bonds is 6. The Balaban J connectivity index is 1.30. The zero-order valence-corrected chi connectivity index (χ0v) is 23.5. The van der Waals surface area contributed by atoms with Gasteiger partial charge in [-0.1, -0.05) is 65.7 Å². The molecule has 0 bridgehead atoms. The topological polar surface area (TPSA) is 87.1 Å². The van der Waals surface area contributed by atoms with Gasteiger partial charge in [0.25, 0.3) is 0 Å². The Labute approximate surface area is 245 Å². The van der Waals surface area contributed by atoms with E-state index in [0.717, 1.165) is 27.8 Å². The van der Waals surface area contributed by atoms with Crippen molar-refractivity contribution in [2.75, 3.05) is 4.90 Å². The highest BCUT2D eigenvalue weighted by molar-refractivity contribution is 6.43. The lowest BCUT2D eigenvalue weighted by Crippen LogP contribution is -2.46. The average Bonchev–Trinajstić information content (AvgIpc) is 3.21. The van der Waals surface area contributed by atoms with Gasteiger partial charge in [0.05, 0.1) is 28.6 Å². The molecule has 3 aromatic carbocycles. The first-order valence-electron chi connectivity index (χ1n) is 14.0. The van der Waals surface area contributed by atoms with Crippen molar-refractivity contribution in [2.24, 2.45) is 17.8 Å². The summed E-state index contributed by atoms with van der Waals surface area (Å²) in [5.74, 6) is -1.46. The van der Waals surface area contributed by atoms with Crippen molar-refractivity contribution in [3.63, 3.8) is 0 Å². The lowest BCUT2D eigenvalue weighted by atomic mass is 9.58. The van der Waals surface area contributed by atoms with Crippen LogP contribution in [0.15, 0.2) is 90.0 Å². The van der Waals surface area contributed by atoms with Gasteiger partial charge in [0.15, 0.2) is 0 Å². The number of para-hydroxylation sites is 1. The summed E-state index contributed by atoms with van der Waals surface area (Å²) in [4.78, 5) is 28.6. The molecule has 4 atom stereocenters. The van der Waals surface area contributed by atoms with Crippen LogP contribution >= 0.6 is 11.6 Å². The molecule has 208 valence electrons. The number of nitrogens with zero attached hydrogens (tertiary/aromatic N) is 1. The zero-order valence-electron chi connectivity index (χ0n) is 22.7. The molecule has 6 nitrogen and oxygen atoms in total. The minimum atomic E-state index is -1.02. The molecule has 0 saturated carbocycles. The molecule has 2 N–H and O–H groups in total. The number of hydrogen-bond acceptors (Lipinski definition) is 5. The Morgan fingerprint density at radius 3 is 2.44 bits per heavy atom. The van der Waals surface area contributed by atoms with Crippen LogP contribution in [-0.2, 0) is 14.2 Å². The van der Waals surface area contributed by atoms with E-state index in [-0.39, 0.29) is 35.9 Å². The number of carbonyl (C=O) groups is 2. The van der Waals surface area contributed by atoms with E-state index in [1.807, 2.05) is 61.5 Å². The predicted octanol–water partition coefficient (Wildman–Crippen LogP) is 6.39. The Kier molecular flexibility index (Phi) is 7.60. The fraction of sp³-hybridized carbons (Fsp3) is 0.273. The molecule has 3 aromatic rings. The molecule has 2 amide bonds. The van der Waals surface area contributed by atoms with Gasteiger partial charge in [0.1, 0.15) is 5.75 Å². The molecule has 8 heteroatoms. The van der Waals surface area contributed by atoms with Crippen molar-refractivity contribution in [2.45, 2.75) is 38.6 Å². The first kappa shape index (κ1) is 27.5. The predicted molar refractivity (Wildman–Crippen MR) is 161 cm³/mol. The molecular weight excluding hydrogens is 537 g/mol. The van der Waals surface area contributed by atoms with Crippen LogP contribution in [0.3, 0.4) is 0 Å². The SMILES string of the molecule is CC1=C2[C@@H](CC/C(=C/c3ccc(O)cc3Cl)c3ccccc3)OB(O)C[C@@H]2[C@@H]2C(=O)N(c3ccccc3)C(=O)[C@@H]2C1. The molecule has 2 fully saturated rings. The van der Waals surface area contributed by atoms with Crippen LogP contribution in [0.5, 0.6) is 5.75 Å². The highest BCUT2D eigenvalue weighted by atomic mass is 35.5. The maximum Gasteiger partial charge on any atom is 0.455 e. The van der Waals surface area contributed by atoms with Gasteiger partial charge < -0.3 is 14.8 Å². The standard InChI is InChI=1S/C33H31BClNO5/c1-20-16-26-31(33(39)36(32(26)38)24-10-6-3-7-11-24)27-19-34(40)41-29(30(20)27)15-13-22(21-8-4-2-5-9-21)17-23-12-14-25(37)18-28(23)35/h2-12,14,17-18,26-27,29,31,37,40H,13,15-16,19H2,1H3/b22-17-/t26-,27+,29-,31-/m1/s1. The summed E-state index contributed by atoms with van der Waals surface area (Å²) in [7, 11) is -1.02. The molecule has 0 unspecified atom stereocenters. The van der Waals surface area contributed by atoms with Crippen molar-refractivity contribution in [1.82, 2.24) is 0 Å².